The molecule has 1 heterocycles. The molecule has 0 saturated carbocycles. The normalized spacial score (nSPS) is 10.7. The van der Waals surface area contributed by atoms with Gasteiger partial charge in [0.05, 0.1) is 25.2 Å². The molecule has 140 valence electrons. The van der Waals surface area contributed by atoms with Crippen molar-refractivity contribution in [2.75, 3.05) is 26.2 Å². The topological polar surface area (TPSA) is 60.8 Å². The lowest BCUT2D eigenvalue weighted by molar-refractivity contribution is 0.0994. The minimum atomic E-state index is -0.214. The van der Waals surface area contributed by atoms with E-state index in [9.17, 15) is 9.59 Å². The van der Waals surface area contributed by atoms with Crippen molar-refractivity contribution in [3.63, 3.8) is 0 Å². The zero-order valence-corrected chi connectivity index (χ0v) is 16.1. The fourth-order valence-electron chi connectivity index (χ4n) is 3.10. The van der Waals surface area contributed by atoms with Crippen LogP contribution in [0.25, 0.3) is 10.8 Å². The van der Waals surface area contributed by atoms with Crippen molar-refractivity contribution in [1.29, 1.82) is 0 Å². The molecule has 3 aromatic rings. The van der Waals surface area contributed by atoms with Gasteiger partial charge in [0.25, 0.3) is 11.5 Å². The second-order valence-corrected chi connectivity index (χ2v) is 6.41. The van der Waals surface area contributed by atoms with E-state index in [0.717, 1.165) is 11.3 Å². The lowest BCUT2D eigenvalue weighted by atomic mass is 10.0. The number of carbonyl (C=O) groups is 1. The molecule has 0 aliphatic heterocycles. The van der Waals surface area contributed by atoms with E-state index >= 15 is 0 Å². The monoisotopic (exact) mass is 366 g/mol. The van der Waals surface area contributed by atoms with Crippen LogP contribution < -0.4 is 19.9 Å². The van der Waals surface area contributed by atoms with Crippen LogP contribution in [-0.2, 0) is 7.05 Å². The van der Waals surface area contributed by atoms with E-state index in [4.69, 9.17) is 9.47 Å². The predicted octanol–water partition coefficient (Wildman–Crippen LogP) is 3.14. The second-order valence-electron chi connectivity index (χ2n) is 6.41. The highest BCUT2D eigenvalue weighted by Gasteiger charge is 2.20. The first-order chi connectivity index (χ1) is 12.9. The van der Waals surface area contributed by atoms with Gasteiger partial charge in [-0.3, -0.25) is 9.59 Å². The second kappa shape index (κ2) is 7.15. The number of hydrogen-bond acceptors (Lipinski definition) is 4. The highest BCUT2D eigenvalue weighted by molar-refractivity contribution is 6.14. The van der Waals surface area contributed by atoms with Crippen LogP contribution in [0.2, 0.25) is 0 Å². The number of aromatic nitrogens is 1. The van der Waals surface area contributed by atoms with E-state index in [1.807, 2.05) is 31.2 Å². The van der Waals surface area contributed by atoms with E-state index in [1.165, 1.54) is 18.8 Å². The molecule has 0 bridgehead atoms. The molecule has 27 heavy (non-hydrogen) atoms. The lowest BCUT2D eigenvalue weighted by Gasteiger charge is -2.20. The van der Waals surface area contributed by atoms with Gasteiger partial charge in [0.1, 0.15) is 0 Å². The van der Waals surface area contributed by atoms with Crippen LogP contribution in [-0.4, -0.2) is 31.7 Å². The third-order valence-corrected chi connectivity index (χ3v) is 4.61. The summed E-state index contributed by atoms with van der Waals surface area (Å²) in [6, 6.07) is 11.0. The molecule has 0 aliphatic carbocycles. The Balaban J connectivity index is 2.22. The summed E-state index contributed by atoms with van der Waals surface area (Å²) in [5.41, 5.74) is 2.05. The Morgan fingerprint density at radius 2 is 1.67 bits per heavy atom. The van der Waals surface area contributed by atoms with E-state index in [-0.39, 0.29) is 11.5 Å². The molecule has 1 amide bonds. The molecule has 0 radical (unpaired) electrons. The summed E-state index contributed by atoms with van der Waals surface area (Å²) in [6.45, 7) is 1.97. The SMILES string of the molecule is COc1cc2c(C(=O)N(C)c3cccc(C)c3)cn(C)c(=O)c2cc1OC. The maximum absolute atomic E-state index is 13.2. The van der Waals surface area contributed by atoms with Crippen molar-refractivity contribution in [2.45, 2.75) is 6.92 Å². The van der Waals surface area contributed by atoms with Crippen LogP contribution in [0.3, 0.4) is 0 Å². The van der Waals surface area contributed by atoms with Crippen LogP contribution in [0.4, 0.5) is 5.69 Å². The number of amides is 1. The Bertz CT molecular complexity index is 1090. The molecule has 6 nitrogen and oxygen atoms in total. The molecular formula is C21H22N2O4. The fraction of sp³-hybridized carbons (Fsp3) is 0.238. The number of fused-ring (bicyclic) bond motifs is 1. The molecule has 2 aromatic carbocycles. The number of pyridine rings is 1. The minimum Gasteiger partial charge on any atom is -0.493 e. The lowest BCUT2D eigenvalue weighted by Crippen LogP contribution is -2.29. The molecular weight excluding hydrogens is 344 g/mol. The quantitative estimate of drug-likeness (QED) is 0.712. The van der Waals surface area contributed by atoms with Crippen molar-refractivity contribution in [1.82, 2.24) is 4.57 Å². The van der Waals surface area contributed by atoms with Gasteiger partial charge in [-0.2, -0.15) is 0 Å². The zero-order valence-electron chi connectivity index (χ0n) is 16.1. The number of methoxy groups -OCH3 is 2. The van der Waals surface area contributed by atoms with Crippen molar-refractivity contribution < 1.29 is 14.3 Å². The summed E-state index contributed by atoms with van der Waals surface area (Å²) in [7, 11) is 6.37. The smallest absolute Gasteiger partial charge is 0.260 e. The highest BCUT2D eigenvalue weighted by atomic mass is 16.5. The molecule has 0 N–H and O–H groups in total. The average molecular weight is 366 g/mol. The first-order valence-electron chi connectivity index (χ1n) is 8.47. The number of rotatable bonds is 4. The van der Waals surface area contributed by atoms with Crippen LogP contribution in [0.1, 0.15) is 15.9 Å². The molecule has 6 heteroatoms. The first-order valence-corrected chi connectivity index (χ1v) is 8.47. The van der Waals surface area contributed by atoms with Gasteiger partial charge in [-0.1, -0.05) is 12.1 Å². The summed E-state index contributed by atoms with van der Waals surface area (Å²) < 4.78 is 12.1. The summed E-state index contributed by atoms with van der Waals surface area (Å²) in [5.74, 6) is 0.692. The van der Waals surface area contributed by atoms with Gasteiger partial charge in [0.15, 0.2) is 11.5 Å². The summed E-state index contributed by atoms with van der Waals surface area (Å²) in [4.78, 5) is 27.4. The van der Waals surface area contributed by atoms with Crippen molar-refractivity contribution >= 4 is 22.4 Å². The number of nitrogens with zero attached hydrogens (tertiary/aromatic N) is 2. The van der Waals surface area contributed by atoms with E-state index in [0.29, 0.717) is 27.8 Å². The van der Waals surface area contributed by atoms with Crippen molar-refractivity contribution in [3.05, 3.63) is 64.1 Å². The van der Waals surface area contributed by atoms with Gasteiger partial charge >= 0.3 is 0 Å². The number of hydrogen-bond donors (Lipinski definition) is 0. The third-order valence-electron chi connectivity index (χ3n) is 4.61. The summed E-state index contributed by atoms with van der Waals surface area (Å²) in [5, 5.41) is 0.930. The van der Waals surface area contributed by atoms with E-state index < -0.39 is 0 Å². The maximum Gasteiger partial charge on any atom is 0.260 e. The standard InChI is InChI=1S/C21H22N2O4/c1-13-7-6-8-14(9-13)23(3)21(25)17-12-22(2)20(24)16-11-19(27-5)18(26-4)10-15(16)17/h6-12H,1-5H3. The fourth-order valence-corrected chi connectivity index (χ4v) is 3.10. The maximum atomic E-state index is 13.2. The van der Waals surface area contributed by atoms with Crippen molar-refractivity contribution in [3.8, 4) is 11.5 Å². The molecule has 0 aliphatic rings. The Morgan fingerprint density at radius 1 is 1.04 bits per heavy atom. The van der Waals surface area contributed by atoms with E-state index in [1.54, 1.807) is 37.3 Å². The first kappa shape index (κ1) is 18.5. The summed E-state index contributed by atoms with van der Waals surface area (Å²) >= 11 is 0. The molecule has 0 atom stereocenters. The number of anilines is 1. The number of ether oxygens (including phenoxy) is 2. The van der Waals surface area contributed by atoms with Gasteiger partial charge in [-0.25, -0.2) is 0 Å². The summed E-state index contributed by atoms with van der Waals surface area (Å²) in [6.07, 6.45) is 1.56. The number of carbonyl (C=O) groups excluding carboxylic acids is 1. The van der Waals surface area contributed by atoms with E-state index in [2.05, 4.69) is 0 Å². The van der Waals surface area contributed by atoms with Gasteiger partial charge in [-0.15, -0.1) is 0 Å². The Labute approximate surface area is 157 Å². The van der Waals surface area contributed by atoms with Gasteiger partial charge < -0.3 is 18.9 Å². The predicted molar refractivity (Wildman–Crippen MR) is 106 cm³/mol. The highest BCUT2D eigenvalue weighted by Crippen LogP contribution is 2.33. The number of benzene rings is 2. The van der Waals surface area contributed by atoms with Gasteiger partial charge in [0, 0.05) is 31.4 Å². The van der Waals surface area contributed by atoms with Crippen LogP contribution in [0.15, 0.2) is 47.4 Å². The molecule has 0 saturated heterocycles. The molecule has 0 spiro atoms. The largest absolute Gasteiger partial charge is 0.493 e. The molecule has 1 aromatic heterocycles. The third kappa shape index (κ3) is 3.26. The Morgan fingerprint density at radius 3 is 2.26 bits per heavy atom. The zero-order chi connectivity index (χ0) is 19.7. The van der Waals surface area contributed by atoms with Crippen molar-refractivity contribution in [2.24, 2.45) is 7.05 Å². The van der Waals surface area contributed by atoms with Crippen LogP contribution in [0.5, 0.6) is 11.5 Å². The average Bonchev–Trinajstić information content (AvgIpc) is 2.68. The minimum absolute atomic E-state index is 0.208. The van der Waals surface area contributed by atoms with Gasteiger partial charge in [0.2, 0.25) is 0 Å². The molecule has 3 rings (SSSR count). The van der Waals surface area contributed by atoms with Crippen LogP contribution in [0, 0.1) is 6.92 Å². The van der Waals surface area contributed by atoms with Gasteiger partial charge in [-0.05, 0) is 36.8 Å². The molecule has 0 unspecified atom stereocenters. The van der Waals surface area contributed by atoms with Crippen LogP contribution >= 0.6 is 0 Å². The Kier molecular flexibility index (Phi) is 4.90. The molecule has 0 fully saturated rings. The number of aryl methyl sites for hydroxylation is 2. The Hall–Kier alpha value is -3.28.